The number of nitrogens with zero attached hydrogens (tertiary/aromatic N) is 1. The Bertz CT molecular complexity index is 856. The van der Waals surface area contributed by atoms with Crippen LogP contribution in [-0.2, 0) is 9.47 Å². The maximum atomic E-state index is 5.86. The van der Waals surface area contributed by atoms with Gasteiger partial charge in [0.25, 0.3) is 0 Å². The van der Waals surface area contributed by atoms with E-state index in [1.807, 2.05) is 39.0 Å². The van der Waals surface area contributed by atoms with Gasteiger partial charge in [0.15, 0.2) is 0 Å². The van der Waals surface area contributed by atoms with Gasteiger partial charge in [-0.2, -0.15) is 11.3 Å². The second kappa shape index (κ2) is 16.7. The van der Waals surface area contributed by atoms with E-state index in [1.165, 1.54) is 11.1 Å². The molecule has 6 heteroatoms. The van der Waals surface area contributed by atoms with Crippen LogP contribution in [0.15, 0.2) is 53.2 Å². The van der Waals surface area contributed by atoms with Crippen LogP contribution in [-0.4, -0.2) is 56.6 Å². The molecular formula is C27H38ClNO3S. The molecule has 0 spiro atoms. The number of hydrogen-bond donors (Lipinski definition) is 0. The maximum absolute atomic E-state index is 5.86. The lowest BCUT2D eigenvalue weighted by Crippen LogP contribution is -2.29. The minimum Gasteiger partial charge on any atom is -0.491 e. The Morgan fingerprint density at radius 3 is 2.64 bits per heavy atom. The number of ether oxygens (including phenoxy) is 3. The molecule has 0 aliphatic heterocycles. The van der Waals surface area contributed by atoms with Crippen LogP contribution in [0.4, 0.5) is 0 Å². The standard InChI is InChI=1S/C27H37NO3S.ClH/c1-5-15-28(16-9-7-8-14-27(3,4)31-6-2)17-18-29-19-20-30-26-12-10-11-24(22-26)25-13-21-32-23-25;/h7,9-13,21-23H,5-6,15-20H2,1-4H3;1H/b9-7+;. The molecule has 2 aromatic rings. The number of allylic oxidation sites excluding steroid dienone is 1. The van der Waals surface area contributed by atoms with Crippen molar-refractivity contribution in [3.63, 3.8) is 0 Å². The van der Waals surface area contributed by atoms with E-state index < -0.39 is 5.60 Å². The van der Waals surface area contributed by atoms with Crippen molar-refractivity contribution < 1.29 is 14.2 Å². The molecule has 4 nitrogen and oxygen atoms in total. The predicted octanol–water partition coefficient (Wildman–Crippen LogP) is 6.32. The first-order valence-corrected chi connectivity index (χ1v) is 12.4. The average Bonchev–Trinajstić information content (AvgIpc) is 3.31. The van der Waals surface area contributed by atoms with Gasteiger partial charge < -0.3 is 14.2 Å². The Hall–Kier alpha value is -1.81. The topological polar surface area (TPSA) is 30.9 Å². The van der Waals surface area contributed by atoms with Crippen molar-refractivity contribution in [3.8, 4) is 28.7 Å². The average molecular weight is 492 g/mol. The fourth-order valence-corrected chi connectivity index (χ4v) is 3.86. The van der Waals surface area contributed by atoms with Gasteiger partial charge >= 0.3 is 0 Å². The molecule has 0 aliphatic rings. The van der Waals surface area contributed by atoms with Crippen LogP contribution in [0.3, 0.4) is 0 Å². The van der Waals surface area contributed by atoms with Crippen LogP contribution in [0.1, 0.15) is 34.1 Å². The Morgan fingerprint density at radius 1 is 1.06 bits per heavy atom. The van der Waals surface area contributed by atoms with E-state index in [-0.39, 0.29) is 12.4 Å². The van der Waals surface area contributed by atoms with Crippen LogP contribution < -0.4 is 4.74 Å². The lowest BCUT2D eigenvalue weighted by molar-refractivity contribution is 0.0362. The van der Waals surface area contributed by atoms with Gasteiger partial charge in [-0.3, -0.25) is 4.90 Å². The smallest absolute Gasteiger partial charge is 0.123 e. The summed E-state index contributed by atoms with van der Waals surface area (Å²) in [6, 6.07) is 10.3. The zero-order valence-electron chi connectivity index (χ0n) is 20.3. The number of benzene rings is 1. The van der Waals surface area contributed by atoms with Crippen LogP contribution in [0, 0.1) is 11.8 Å². The van der Waals surface area contributed by atoms with Gasteiger partial charge in [-0.15, -0.1) is 12.4 Å². The highest BCUT2D eigenvalue weighted by Gasteiger charge is 2.12. The van der Waals surface area contributed by atoms with Gasteiger partial charge in [-0.1, -0.05) is 37.0 Å². The molecule has 0 aliphatic carbocycles. The molecule has 0 saturated heterocycles. The van der Waals surface area contributed by atoms with Crippen molar-refractivity contribution in [2.75, 3.05) is 46.1 Å². The van der Waals surface area contributed by atoms with Gasteiger partial charge in [-0.25, -0.2) is 0 Å². The lowest BCUT2D eigenvalue weighted by Gasteiger charge is -2.19. The molecule has 0 bridgehead atoms. The van der Waals surface area contributed by atoms with E-state index in [2.05, 4.69) is 58.7 Å². The molecule has 0 saturated carbocycles. The van der Waals surface area contributed by atoms with Gasteiger partial charge in [-0.05, 0) is 79.9 Å². The van der Waals surface area contributed by atoms with Crippen molar-refractivity contribution in [2.24, 2.45) is 0 Å². The summed E-state index contributed by atoms with van der Waals surface area (Å²) < 4.78 is 17.3. The van der Waals surface area contributed by atoms with E-state index in [9.17, 15) is 0 Å². The summed E-state index contributed by atoms with van der Waals surface area (Å²) in [5, 5.41) is 4.23. The van der Waals surface area contributed by atoms with Crippen molar-refractivity contribution >= 4 is 23.7 Å². The van der Waals surface area contributed by atoms with Crippen LogP contribution in [0.2, 0.25) is 0 Å². The van der Waals surface area contributed by atoms with E-state index in [0.29, 0.717) is 26.4 Å². The largest absolute Gasteiger partial charge is 0.491 e. The second-order valence-corrected chi connectivity index (χ2v) is 8.70. The molecule has 182 valence electrons. The van der Waals surface area contributed by atoms with Crippen molar-refractivity contribution in [3.05, 3.63) is 53.2 Å². The van der Waals surface area contributed by atoms with Crippen LogP contribution in [0.5, 0.6) is 5.75 Å². The van der Waals surface area contributed by atoms with Gasteiger partial charge in [0, 0.05) is 19.7 Å². The Kier molecular flexibility index (Phi) is 14.8. The number of thiophene rings is 1. The first-order chi connectivity index (χ1) is 15.5. The summed E-state index contributed by atoms with van der Waals surface area (Å²) in [7, 11) is 0. The maximum Gasteiger partial charge on any atom is 0.123 e. The Labute approximate surface area is 210 Å². The molecule has 1 aromatic carbocycles. The number of halogens is 1. The molecule has 0 radical (unpaired) electrons. The molecule has 0 amide bonds. The zero-order chi connectivity index (χ0) is 23.1. The van der Waals surface area contributed by atoms with Crippen molar-refractivity contribution in [1.29, 1.82) is 0 Å². The highest BCUT2D eigenvalue weighted by Crippen LogP contribution is 2.25. The van der Waals surface area contributed by atoms with Gasteiger partial charge in [0.1, 0.15) is 18.0 Å². The molecule has 0 atom stereocenters. The Balaban J connectivity index is 0.00000544. The van der Waals surface area contributed by atoms with Crippen molar-refractivity contribution in [2.45, 2.75) is 39.7 Å². The molecule has 0 fully saturated rings. The fourth-order valence-electron chi connectivity index (χ4n) is 3.19. The molecule has 1 heterocycles. The quantitative estimate of drug-likeness (QED) is 0.228. The molecular weight excluding hydrogens is 454 g/mol. The van der Waals surface area contributed by atoms with E-state index >= 15 is 0 Å². The number of rotatable bonds is 14. The third kappa shape index (κ3) is 12.3. The molecule has 2 rings (SSSR count). The lowest BCUT2D eigenvalue weighted by atomic mass is 10.1. The first kappa shape index (κ1) is 29.2. The van der Waals surface area contributed by atoms with Gasteiger partial charge in [0.05, 0.1) is 13.2 Å². The highest BCUT2D eigenvalue weighted by atomic mass is 35.5. The van der Waals surface area contributed by atoms with Crippen LogP contribution in [0.25, 0.3) is 11.1 Å². The molecule has 0 N–H and O–H groups in total. The van der Waals surface area contributed by atoms with Crippen LogP contribution >= 0.6 is 23.7 Å². The third-order valence-corrected chi connectivity index (χ3v) is 5.40. The minimum absolute atomic E-state index is 0. The SMILES string of the molecule is CCCN(C/C=C/C#CC(C)(C)OCC)CCOCCOc1cccc(-c2ccsc2)c1.Cl. The zero-order valence-corrected chi connectivity index (χ0v) is 22.0. The summed E-state index contributed by atoms with van der Waals surface area (Å²) in [5.41, 5.74) is 2.01. The predicted molar refractivity (Wildman–Crippen MR) is 143 cm³/mol. The van der Waals surface area contributed by atoms with Crippen molar-refractivity contribution in [1.82, 2.24) is 4.90 Å². The van der Waals surface area contributed by atoms with E-state index in [4.69, 9.17) is 14.2 Å². The van der Waals surface area contributed by atoms with E-state index in [1.54, 1.807) is 11.3 Å². The monoisotopic (exact) mass is 491 g/mol. The van der Waals surface area contributed by atoms with Gasteiger partial charge in [0.2, 0.25) is 0 Å². The minimum atomic E-state index is -0.399. The fraction of sp³-hybridized carbons (Fsp3) is 0.481. The first-order valence-electron chi connectivity index (χ1n) is 11.4. The third-order valence-electron chi connectivity index (χ3n) is 4.72. The Morgan fingerprint density at radius 2 is 1.91 bits per heavy atom. The normalized spacial score (nSPS) is 11.3. The summed E-state index contributed by atoms with van der Waals surface area (Å²) in [6.45, 7) is 13.4. The highest BCUT2D eigenvalue weighted by molar-refractivity contribution is 7.08. The summed E-state index contributed by atoms with van der Waals surface area (Å²) in [5.74, 6) is 7.11. The summed E-state index contributed by atoms with van der Waals surface area (Å²) in [6.07, 6.45) is 5.14. The summed E-state index contributed by atoms with van der Waals surface area (Å²) in [4.78, 5) is 2.37. The molecule has 33 heavy (non-hydrogen) atoms. The second-order valence-electron chi connectivity index (χ2n) is 7.92. The molecule has 1 aromatic heterocycles. The van der Waals surface area contributed by atoms with E-state index in [0.717, 1.165) is 31.8 Å². The molecule has 0 unspecified atom stereocenters. The summed E-state index contributed by atoms with van der Waals surface area (Å²) >= 11 is 1.70. The number of hydrogen-bond acceptors (Lipinski definition) is 5.